The molecule has 0 atom stereocenters. The largest absolute Gasteiger partial charge is 0.508 e. The number of methoxy groups -OCH3 is 1. The van der Waals surface area contributed by atoms with Crippen LogP contribution in [0.25, 0.3) is 0 Å². The molecule has 0 amide bonds. The molecule has 0 radical (unpaired) electrons. The third-order valence-corrected chi connectivity index (χ3v) is 4.08. The van der Waals surface area contributed by atoms with Crippen molar-refractivity contribution in [3.05, 3.63) is 46.0 Å². The van der Waals surface area contributed by atoms with Crippen LogP contribution in [-0.4, -0.2) is 12.2 Å². The number of hydrogen-bond donors (Lipinski definition) is 1. The fraction of sp³-hybridized carbons (Fsp3) is 0.0769. The Hall–Kier alpha value is -0.880. The Morgan fingerprint density at radius 1 is 1.06 bits per heavy atom. The first-order valence-corrected chi connectivity index (χ1v) is 6.89. The summed E-state index contributed by atoms with van der Waals surface area (Å²) in [6, 6.07) is 13.3. The van der Waals surface area contributed by atoms with Gasteiger partial charge < -0.3 is 9.84 Å². The Morgan fingerprint density at radius 2 is 1.71 bits per heavy atom. The predicted octanol–water partition coefficient (Wildman–Crippen LogP) is 4.16. The molecular formula is C13H11IO2S. The van der Waals surface area contributed by atoms with Gasteiger partial charge in [0, 0.05) is 9.79 Å². The molecule has 0 aromatic heterocycles. The summed E-state index contributed by atoms with van der Waals surface area (Å²) in [5.74, 6) is 1.17. The first-order valence-electron chi connectivity index (χ1n) is 4.99. The molecule has 17 heavy (non-hydrogen) atoms. The zero-order valence-corrected chi connectivity index (χ0v) is 12.2. The lowest BCUT2D eigenvalue weighted by atomic mass is 10.3. The van der Waals surface area contributed by atoms with Crippen molar-refractivity contribution in [3.63, 3.8) is 0 Å². The lowest BCUT2D eigenvalue weighted by Crippen LogP contribution is -1.86. The van der Waals surface area contributed by atoms with E-state index in [1.165, 1.54) is 0 Å². The van der Waals surface area contributed by atoms with Crippen molar-refractivity contribution >= 4 is 34.4 Å². The van der Waals surface area contributed by atoms with Crippen molar-refractivity contribution in [3.8, 4) is 11.5 Å². The Bertz CT molecular complexity index is 511. The topological polar surface area (TPSA) is 29.5 Å². The Labute approximate surface area is 118 Å². The molecule has 0 unspecified atom stereocenters. The number of aromatic hydroxyl groups is 1. The van der Waals surface area contributed by atoms with Crippen molar-refractivity contribution in [2.45, 2.75) is 9.79 Å². The van der Waals surface area contributed by atoms with Gasteiger partial charge in [-0.3, -0.25) is 0 Å². The Morgan fingerprint density at radius 3 is 2.35 bits per heavy atom. The van der Waals surface area contributed by atoms with E-state index in [0.29, 0.717) is 0 Å². The van der Waals surface area contributed by atoms with E-state index < -0.39 is 0 Å². The van der Waals surface area contributed by atoms with Gasteiger partial charge in [0.05, 0.1) is 10.7 Å². The van der Waals surface area contributed by atoms with Crippen LogP contribution >= 0.6 is 34.4 Å². The van der Waals surface area contributed by atoms with E-state index in [9.17, 15) is 5.11 Å². The lowest BCUT2D eigenvalue weighted by Gasteiger charge is -2.06. The molecule has 2 nitrogen and oxygen atoms in total. The second-order valence-corrected chi connectivity index (χ2v) is 5.70. The molecule has 0 aliphatic carbocycles. The van der Waals surface area contributed by atoms with Gasteiger partial charge >= 0.3 is 0 Å². The normalized spacial score (nSPS) is 10.2. The number of rotatable bonds is 3. The molecule has 2 rings (SSSR count). The third-order valence-electron chi connectivity index (χ3n) is 2.20. The van der Waals surface area contributed by atoms with Crippen LogP contribution in [0.4, 0.5) is 0 Å². The molecule has 88 valence electrons. The predicted molar refractivity (Wildman–Crippen MR) is 77.9 cm³/mol. The maximum absolute atomic E-state index is 9.21. The minimum absolute atomic E-state index is 0.287. The maximum atomic E-state index is 9.21. The smallest absolute Gasteiger partial charge is 0.133 e. The average molecular weight is 358 g/mol. The van der Waals surface area contributed by atoms with E-state index in [2.05, 4.69) is 28.7 Å². The number of hydrogen-bond acceptors (Lipinski definition) is 3. The summed E-state index contributed by atoms with van der Waals surface area (Å²) in [5, 5.41) is 9.21. The Balaban J connectivity index is 2.21. The van der Waals surface area contributed by atoms with E-state index in [4.69, 9.17) is 4.74 Å². The molecule has 2 aromatic rings. The zero-order chi connectivity index (χ0) is 12.3. The fourth-order valence-electron chi connectivity index (χ4n) is 1.35. The molecule has 0 saturated carbocycles. The van der Waals surface area contributed by atoms with Gasteiger partial charge in [-0.15, -0.1) is 0 Å². The molecule has 0 aliphatic rings. The molecule has 0 saturated heterocycles. The molecule has 4 heteroatoms. The number of halogens is 1. The van der Waals surface area contributed by atoms with Gasteiger partial charge in [0.1, 0.15) is 11.5 Å². The third kappa shape index (κ3) is 3.29. The summed E-state index contributed by atoms with van der Waals surface area (Å²) in [6.07, 6.45) is 0. The second kappa shape index (κ2) is 5.64. The molecule has 2 aromatic carbocycles. The van der Waals surface area contributed by atoms with Gasteiger partial charge in [0.25, 0.3) is 0 Å². The molecule has 0 fully saturated rings. The highest BCUT2D eigenvalue weighted by molar-refractivity contribution is 14.1. The van der Waals surface area contributed by atoms with Crippen molar-refractivity contribution in [1.29, 1.82) is 0 Å². The molecule has 0 bridgehead atoms. The van der Waals surface area contributed by atoms with E-state index in [1.807, 2.05) is 24.3 Å². The summed E-state index contributed by atoms with van der Waals surface area (Å²) >= 11 is 3.89. The van der Waals surface area contributed by atoms with Crippen LogP contribution in [0.2, 0.25) is 0 Å². The van der Waals surface area contributed by atoms with E-state index >= 15 is 0 Å². The minimum atomic E-state index is 0.287. The van der Waals surface area contributed by atoms with Gasteiger partial charge in [-0.2, -0.15) is 0 Å². The summed E-state index contributed by atoms with van der Waals surface area (Å²) in [7, 11) is 1.67. The first kappa shape index (κ1) is 12.6. The zero-order valence-electron chi connectivity index (χ0n) is 9.18. The number of ether oxygens (including phenoxy) is 1. The van der Waals surface area contributed by atoms with Crippen LogP contribution in [0.15, 0.2) is 52.3 Å². The van der Waals surface area contributed by atoms with Crippen molar-refractivity contribution < 1.29 is 9.84 Å². The monoisotopic (exact) mass is 358 g/mol. The average Bonchev–Trinajstić information content (AvgIpc) is 2.34. The number of phenols is 1. The minimum Gasteiger partial charge on any atom is -0.508 e. The van der Waals surface area contributed by atoms with Crippen LogP contribution in [0.3, 0.4) is 0 Å². The lowest BCUT2D eigenvalue weighted by molar-refractivity contribution is 0.410. The summed E-state index contributed by atoms with van der Waals surface area (Å²) < 4.78 is 6.38. The highest BCUT2D eigenvalue weighted by Gasteiger charge is 2.03. The fourth-order valence-corrected chi connectivity index (χ4v) is 2.76. The van der Waals surface area contributed by atoms with E-state index in [0.717, 1.165) is 19.1 Å². The van der Waals surface area contributed by atoms with Gasteiger partial charge in [0.15, 0.2) is 0 Å². The maximum Gasteiger partial charge on any atom is 0.133 e. The van der Waals surface area contributed by atoms with Crippen LogP contribution < -0.4 is 4.74 Å². The molecule has 0 spiro atoms. The quantitative estimate of drug-likeness (QED) is 0.836. The van der Waals surface area contributed by atoms with Gasteiger partial charge in [0.2, 0.25) is 0 Å². The summed E-state index contributed by atoms with van der Waals surface area (Å²) in [5.41, 5.74) is 0. The first-order chi connectivity index (χ1) is 8.19. The SMILES string of the molecule is COc1cc(Sc2ccc(O)cc2)ccc1I. The summed E-state index contributed by atoms with van der Waals surface area (Å²) in [4.78, 5) is 2.21. The van der Waals surface area contributed by atoms with Crippen LogP contribution in [0.5, 0.6) is 11.5 Å². The number of phenolic OH excluding ortho intramolecular Hbond substituents is 1. The second-order valence-electron chi connectivity index (χ2n) is 3.39. The summed E-state index contributed by atoms with van der Waals surface area (Å²) in [6.45, 7) is 0. The van der Waals surface area contributed by atoms with Crippen molar-refractivity contribution in [2.75, 3.05) is 7.11 Å². The Kier molecular flexibility index (Phi) is 4.17. The van der Waals surface area contributed by atoms with Crippen LogP contribution in [-0.2, 0) is 0 Å². The number of benzene rings is 2. The van der Waals surface area contributed by atoms with Gasteiger partial charge in [-0.1, -0.05) is 11.8 Å². The van der Waals surface area contributed by atoms with E-state index in [1.54, 1.807) is 31.0 Å². The standard InChI is InChI=1S/C13H11IO2S/c1-16-13-8-11(6-7-12(13)14)17-10-4-2-9(15)3-5-10/h2-8,15H,1H3. The highest BCUT2D eigenvalue weighted by atomic mass is 127. The molecule has 1 N–H and O–H groups in total. The van der Waals surface area contributed by atoms with E-state index in [-0.39, 0.29) is 5.75 Å². The molecule has 0 aliphatic heterocycles. The molecular weight excluding hydrogens is 347 g/mol. The van der Waals surface area contributed by atoms with Gasteiger partial charge in [-0.25, -0.2) is 0 Å². The van der Waals surface area contributed by atoms with Gasteiger partial charge in [-0.05, 0) is 65.1 Å². The molecule has 0 heterocycles. The van der Waals surface area contributed by atoms with Crippen molar-refractivity contribution in [1.82, 2.24) is 0 Å². The van der Waals surface area contributed by atoms with Crippen LogP contribution in [0, 0.1) is 3.57 Å². The van der Waals surface area contributed by atoms with Crippen LogP contribution in [0.1, 0.15) is 0 Å². The highest BCUT2D eigenvalue weighted by Crippen LogP contribution is 2.32. The van der Waals surface area contributed by atoms with Crippen molar-refractivity contribution in [2.24, 2.45) is 0 Å².